The highest BCUT2D eigenvalue weighted by Crippen LogP contribution is 2.20. The fraction of sp³-hybridized carbons (Fsp3) is 0.667. The first-order valence-electron chi connectivity index (χ1n) is 4.85. The van der Waals surface area contributed by atoms with Crippen LogP contribution in [0.15, 0.2) is 23.8 Å². The number of hydrogen-bond acceptors (Lipinski definition) is 0. The first-order chi connectivity index (χ1) is 5.61. The van der Waals surface area contributed by atoms with Gasteiger partial charge in [0.05, 0.1) is 0 Å². The van der Waals surface area contributed by atoms with E-state index in [1.165, 1.54) is 18.4 Å². The summed E-state index contributed by atoms with van der Waals surface area (Å²) in [6.45, 7) is 12.7. The lowest BCUT2D eigenvalue weighted by Crippen LogP contribution is -1.98. The zero-order chi connectivity index (χ0) is 9.56. The van der Waals surface area contributed by atoms with Gasteiger partial charge in [0.15, 0.2) is 0 Å². The highest BCUT2D eigenvalue weighted by molar-refractivity contribution is 5.07. The summed E-state index contributed by atoms with van der Waals surface area (Å²) in [4.78, 5) is 0. The molecule has 0 fully saturated rings. The van der Waals surface area contributed by atoms with Gasteiger partial charge in [0, 0.05) is 0 Å². The zero-order valence-electron chi connectivity index (χ0n) is 8.98. The van der Waals surface area contributed by atoms with Crippen LogP contribution in [0, 0.1) is 5.92 Å². The molecule has 0 aliphatic rings. The molecule has 1 atom stereocenters. The van der Waals surface area contributed by atoms with Crippen molar-refractivity contribution in [3.63, 3.8) is 0 Å². The fourth-order valence-electron chi connectivity index (χ4n) is 1.27. The Morgan fingerprint density at radius 2 is 1.92 bits per heavy atom. The summed E-state index contributed by atoms with van der Waals surface area (Å²) in [5.41, 5.74) is 3.02. The Hall–Kier alpha value is -0.520. The van der Waals surface area contributed by atoms with E-state index in [0.29, 0.717) is 0 Å². The molecule has 0 bridgehead atoms. The van der Waals surface area contributed by atoms with Crippen LogP contribution in [0.3, 0.4) is 0 Å². The van der Waals surface area contributed by atoms with Gasteiger partial charge in [-0.05, 0) is 39.5 Å². The van der Waals surface area contributed by atoms with Crippen LogP contribution in [-0.2, 0) is 0 Å². The molecule has 70 valence electrons. The summed E-state index contributed by atoms with van der Waals surface area (Å²) in [7, 11) is 0. The van der Waals surface area contributed by atoms with Crippen LogP contribution in [0.4, 0.5) is 0 Å². The molecule has 0 saturated carbocycles. The van der Waals surface area contributed by atoms with Crippen LogP contribution in [0.2, 0.25) is 0 Å². The Labute approximate surface area is 77.4 Å². The summed E-state index contributed by atoms with van der Waals surface area (Å²) >= 11 is 0. The Morgan fingerprint density at radius 1 is 1.33 bits per heavy atom. The fourth-order valence-corrected chi connectivity index (χ4v) is 1.27. The lowest BCUT2D eigenvalue weighted by atomic mass is 9.93. The average molecular weight is 166 g/mol. The van der Waals surface area contributed by atoms with Crippen molar-refractivity contribution < 1.29 is 0 Å². The van der Waals surface area contributed by atoms with E-state index in [0.717, 1.165) is 12.3 Å². The van der Waals surface area contributed by atoms with Crippen LogP contribution in [0.1, 0.15) is 47.0 Å². The third-order valence-corrected chi connectivity index (χ3v) is 2.53. The minimum atomic E-state index is 0.803. The van der Waals surface area contributed by atoms with Gasteiger partial charge in [-0.1, -0.05) is 30.6 Å². The third kappa shape index (κ3) is 4.38. The zero-order valence-corrected chi connectivity index (χ0v) is 8.98. The second kappa shape index (κ2) is 6.05. The van der Waals surface area contributed by atoms with Crippen LogP contribution in [0.5, 0.6) is 0 Å². The second-order valence-electron chi connectivity index (χ2n) is 3.78. The van der Waals surface area contributed by atoms with E-state index in [9.17, 15) is 0 Å². The summed E-state index contributed by atoms with van der Waals surface area (Å²) in [5, 5.41) is 0. The molecule has 0 aromatic rings. The van der Waals surface area contributed by atoms with Crippen molar-refractivity contribution in [2.45, 2.75) is 47.0 Å². The largest absolute Gasteiger partial charge is 0.103 e. The molecule has 0 amide bonds. The highest BCUT2D eigenvalue weighted by Gasteiger charge is 2.05. The Bertz CT molecular complexity index is 159. The molecular formula is C12H22. The summed E-state index contributed by atoms with van der Waals surface area (Å²) in [5.74, 6) is 0.803. The molecule has 1 unspecified atom stereocenters. The monoisotopic (exact) mass is 166 g/mol. The minimum Gasteiger partial charge on any atom is -0.103 e. The molecule has 0 rings (SSSR count). The molecule has 0 heterocycles. The van der Waals surface area contributed by atoms with Gasteiger partial charge in [0.25, 0.3) is 0 Å². The lowest BCUT2D eigenvalue weighted by Gasteiger charge is -2.13. The third-order valence-electron chi connectivity index (χ3n) is 2.53. The molecule has 0 aliphatic carbocycles. The van der Waals surface area contributed by atoms with E-state index in [1.54, 1.807) is 5.57 Å². The van der Waals surface area contributed by atoms with Crippen LogP contribution >= 0.6 is 0 Å². The molecule has 12 heavy (non-hydrogen) atoms. The Kier molecular flexibility index (Phi) is 5.79. The van der Waals surface area contributed by atoms with Crippen molar-refractivity contribution >= 4 is 0 Å². The highest BCUT2D eigenvalue weighted by atomic mass is 14.1. The van der Waals surface area contributed by atoms with E-state index in [2.05, 4.69) is 34.3 Å². The SMILES string of the molecule is C=CCC(CC)CC(C)=C(C)C. The van der Waals surface area contributed by atoms with Gasteiger partial charge in [-0.3, -0.25) is 0 Å². The Balaban J connectivity index is 4.02. The van der Waals surface area contributed by atoms with Crippen LogP contribution < -0.4 is 0 Å². The molecule has 0 aromatic carbocycles. The quantitative estimate of drug-likeness (QED) is 0.533. The molecule has 0 aromatic heterocycles. The molecule has 0 aliphatic heterocycles. The van der Waals surface area contributed by atoms with Crippen molar-refractivity contribution in [3.05, 3.63) is 23.8 Å². The van der Waals surface area contributed by atoms with E-state index >= 15 is 0 Å². The minimum absolute atomic E-state index is 0.803. The maximum absolute atomic E-state index is 3.78. The summed E-state index contributed by atoms with van der Waals surface area (Å²) in [6.07, 6.45) is 5.69. The van der Waals surface area contributed by atoms with Gasteiger partial charge >= 0.3 is 0 Å². The standard InChI is InChI=1S/C12H22/c1-6-8-12(7-2)9-11(5)10(3)4/h6,12H,1,7-9H2,2-5H3. The lowest BCUT2D eigenvalue weighted by molar-refractivity contribution is 0.510. The molecule has 0 saturated heterocycles. The summed E-state index contributed by atoms with van der Waals surface area (Å²) in [6, 6.07) is 0. The first kappa shape index (κ1) is 11.5. The average Bonchev–Trinajstić information content (AvgIpc) is 2.03. The maximum Gasteiger partial charge on any atom is -0.0289 e. The van der Waals surface area contributed by atoms with E-state index in [4.69, 9.17) is 0 Å². The normalized spacial score (nSPS) is 12.3. The maximum atomic E-state index is 3.78. The molecule has 0 nitrogen and oxygen atoms in total. The van der Waals surface area contributed by atoms with Crippen LogP contribution in [0.25, 0.3) is 0 Å². The van der Waals surface area contributed by atoms with E-state index in [1.807, 2.05) is 6.08 Å². The van der Waals surface area contributed by atoms with Gasteiger partial charge in [-0.2, -0.15) is 0 Å². The van der Waals surface area contributed by atoms with Gasteiger partial charge in [0.2, 0.25) is 0 Å². The predicted molar refractivity (Wildman–Crippen MR) is 57.3 cm³/mol. The van der Waals surface area contributed by atoms with Crippen molar-refractivity contribution in [2.75, 3.05) is 0 Å². The molecule has 0 N–H and O–H groups in total. The summed E-state index contributed by atoms with van der Waals surface area (Å²) < 4.78 is 0. The van der Waals surface area contributed by atoms with Gasteiger partial charge in [-0.25, -0.2) is 0 Å². The van der Waals surface area contributed by atoms with E-state index < -0.39 is 0 Å². The first-order valence-corrected chi connectivity index (χ1v) is 4.85. The van der Waals surface area contributed by atoms with Gasteiger partial charge < -0.3 is 0 Å². The smallest absolute Gasteiger partial charge is 0.0289 e. The molecule has 0 heteroatoms. The van der Waals surface area contributed by atoms with Crippen molar-refractivity contribution in [1.82, 2.24) is 0 Å². The number of rotatable bonds is 5. The van der Waals surface area contributed by atoms with Gasteiger partial charge in [-0.15, -0.1) is 6.58 Å². The van der Waals surface area contributed by atoms with Crippen molar-refractivity contribution in [3.8, 4) is 0 Å². The van der Waals surface area contributed by atoms with Crippen molar-refractivity contribution in [1.29, 1.82) is 0 Å². The topological polar surface area (TPSA) is 0 Å². The molecule has 0 radical (unpaired) electrons. The van der Waals surface area contributed by atoms with Crippen LogP contribution in [-0.4, -0.2) is 0 Å². The number of hydrogen-bond donors (Lipinski definition) is 0. The Morgan fingerprint density at radius 3 is 2.25 bits per heavy atom. The molecular weight excluding hydrogens is 144 g/mol. The number of allylic oxidation sites excluding steroid dienone is 3. The van der Waals surface area contributed by atoms with Crippen molar-refractivity contribution in [2.24, 2.45) is 5.92 Å². The predicted octanol–water partition coefficient (Wildman–Crippen LogP) is 4.34. The molecule has 0 spiro atoms. The van der Waals surface area contributed by atoms with E-state index in [-0.39, 0.29) is 0 Å². The van der Waals surface area contributed by atoms with Gasteiger partial charge in [0.1, 0.15) is 0 Å². The second-order valence-corrected chi connectivity index (χ2v) is 3.78.